The van der Waals surface area contributed by atoms with Crippen molar-refractivity contribution < 1.29 is 0 Å². The molecular formula is C17H14N2. The van der Waals surface area contributed by atoms with Gasteiger partial charge in [-0.3, -0.25) is 0 Å². The molecule has 19 heavy (non-hydrogen) atoms. The lowest BCUT2D eigenvalue weighted by Gasteiger charge is -2.06. The summed E-state index contributed by atoms with van der Waals surface area (Å²) in [7, 11) is 0. The van der Waals surface area contributed by atoms with Crippen molar-refractivity contribution >= 4 is 11.5 Å². The number of benzene rings is 2. The zero-order valence-corrected chi connectivity index (χ0v) is 10.5. The lowest BCUT2D eigenvalue weighted by atomic mass is 10.1. The molecule has 1 heterocycles. The first-order chi connectivity index (χ1) is 9.42. The Kier molecular flexibility index (Phi) is 3.24. The van der Waals surface area contributed by atoms with E-state index in [-0.39, 0.29) is 0 Å². The summed E-state index contributed by atoms with van der Waals surface area (Å²) in [6.07, 6.45) is 1.89. The zero-order chi connectivity index (χ0) is 12.9. The molecule has 0 fully saturated rings. The van der Waals surface area contributed by atoms with Gasteiger partial charge in [-0.05, 0) is 29.8 Å². The lowest BCUT2D eigenvalue weighted by molar-refractivity contribution is 1.31. The van der Waals surface area contributed by atoms with Gasteiger partial charge in [0.15, 0.2) is 0 Å². The second-order valence-electron chi connectivity index (χ2n) is 4.29. The third kappa shape index (κ3) is 2.80. The summed E-state index contributed by atoms with van der Waals surface area (Å²) in [6, 6.07) is 24.4. The van der Waals surface area contributed by atoms with Crippen molar-refractivity contribution in [3.63, 3.8) is 0 Å². The van der Waals surface area contributed by atoms with Crippen molar-refractivity contribution in [2.75, 3.05) is 5.32 Å². The maximum Gasteiger partial charge on any atom is 0.130 e. The molecular weight excluding hydrogens is 232 g/mol. The van der Waals surface area contributed by atoms with Crippen LogP contribution in [0.3, 0.4) is 0 Å². The molecule has 0 unspecified atom stereocenters. The molecule has 0 atom stereocenters. The molecule has 2 aromatic carbocycles. The fourth-order valence-corrected chi connectivity index (χ4v) is 1.94. The highest BCUT2D eigenvalue weighted by Crippen LogP contribution is 2.20. The van der Waals surface area contributed by atoms with Crippen LogP contribution in [0.5, 0.6) is 0 Å². The molecule has 3 aromatic rings. The molecule has 2 nitrogen and oxygen atoms in total. The van der Waals surface area contributed by atoms with Crippen molar-refractivity contribution in [3.05, 3.63) is 79.0 Å². The van der Waals surface area contributed by atoms with Gasteiger partial charge < -0.3 is 5.32 Å². The van der Waals surface area contributed by atoms with Crippen molar-refractivity contribution in [1.29, 1.82) is 0 Å². The monoisotopic (exact) mass is 246 g/mol. The Morgan fingerprint density at radius 3 is 1.95 bits per heavy atom. The summed E-state index contributed by atoms with van der Waals surface area (Å²) in [5.41, 5.74) is 3.35. The Bertz CT molecular complexity index is 631. The van der Waals surface area contributed by atoms with Crippen LogP contribution in [0.1, 0.15) is 0 Å². The van der Waals surface area contributed by atoms with E-state index in [0.717, 1.165) is 17.1 Å². The number of para-hydroxylation sites is 1. The van der Waals surface area contributed by atoms with E-state index in [2.05, 4.69) is 28.5 Å². The van der Waals surface area contributed by atoms with Crippen LogP contribution >= 0.6 is 0 Å². The molecule has 0 aliphatic carbocycles. The maximum atomic E-state index is 4.44. The van der Waals surface area contributed by atoms with E-state index in [1.807, 2.05) is 60.8 Å². The molecule has 2 heteroatoms. The van der Waals surface area contributed by atoms with Crippen molar-refractivity contribution in [2.24, 2.45) is 0 Å². The minimum Gasteiger partial charge on any atom is -0.340 e. The number of rotatable bonds is 3. The third-order valence-corrected chi connectivity index (χ3v) is 2.92. The van der Waals surface area contributed by atoms with Gasteiger partial charge in [-0.15, -0.1) is 0 Å². The van der Waals surface area contributed by atoms with E-state index in [0.29, 0.717) is 0 Å². The van der Waals surface area contributed by atoms with Crippen LogP contribution in [-0.2, 0) is 0 Å². The number of hydrogen-bond acceptors (Lipinski definition) is 2. The first-order valence-electron chi connectivity index (χ1n) is 6.25. The average molecular weight is 246 g/mol. The summed E-state index contributed by atoms with van der Waals surface area (Å²) in [4.78, 5) is 4.44. The van der Waals surface area contributed by atoms with Crippen molar-refractivity contribution in [3.8, 4) is 11.1 Å². The predicted octanol–water partition coefficient (Wildman–Crippen LogP) is 4.49. The van der Waals surface area contributed by atoms with Gasteiger partial charge in [0.05, 0.1) is 0 Å². The van der Waals surface area contributed by atoms with Crippen LogP contribution in [0.25, 0.3) is 11.1 Å². The Balaban J connectivity index is 1.80. The minimum atomic E-state index is 0.853. The second kappa shape index (κ2) is 5.36. The standard InChI is InChI=1S/C17H14N2/c1-3-7-14(8-4-1)15-11-12-17(18-13-15)19-16-9-5-2-6-10-16/h1-13H,(H,18,19). The van der Waals surface area contributed by atoms with Crippen LogP contribution in [0, 0.1) is 0 Å². The van der Waals surface area contributed by atoms with E-state index in [1.165, 1.54) is 5.56 Å². The van der Waals surface area contributed by atoms with Gasteiger partial charge in [0.25, 0.3) is 0 Å². The van der Waals surface area contributed by atoms with Crippen LogP contribution in [0.2, 0.25) is 0 Å². The van der Waals surface area contributed by atoms with Gasteiger partial charge >= 0.3 is 0 Å². The smallest absolute Gasteiger partial charge is 0.130 e. The van der Waals surface area contributed by atoms with Gasteiger partial charge in [-0.25, -0.2) is 4.98 Å². The normalized spacial score (nSPS) is 10.1. The van der Waals surface area contributed by atoms with Crippen LogP contribution in [-0.4, -0.2) is 4.98 Å². The Morgan fingerprint density at radius 1 is 0.632 bits per heavy atom. The first kappa shape index (κ1) is 11.5. The molecule has 0 bridgehead atoms. The van der Waals surface area contributed by atoms with Gasteiger partial charge in [-0.2, -0.15) is 0 Å². The summed E-state index contributed by atoms with van der Waals surface area (Å²) < 4.78 is 0. The Labute approximate surface area is 112 Å². The molecule has 0 spiro atoms. The van der Waals surface area contributed by atoms with E-state index >= 15 is 0 Å². The number of anilines is 2. The molecule has 0 amide bonds. The highest BCUT2D eigenvalue weighted by molar-refractivity contribution is 5.65. The third-order valence-electron chi connectivity index (χ3n) is 2.92. The molecule has 1 aromatic heterocycles. The minimum absolute atomic E-state index is 0.853. The SMILES string of the molecule is c1ccc(Nc2ccc(-c3ccccc3)cn2)cc1. The number of pyridine rings is 1. The van der Waals surface area contributed by atoms with E-state index in [4.69, 9.17) is 0 Å². The topological polar surface area (TPSA) is 24.9 Å². The summed E-state index contributed by atoms with van der Waals surface area (Å²) in [6.45, 7) is 0. The molecule has 0 radical (unpaired) electrons. The van der Waals surface area contributed by atoms with Crippen molar-refractivity contribution in [1.82, 2.24) is 4.98 Å². The van der Waals surface area contributed by atoms with Crippen LogP contribution in [0.4, 0.5) is 11.5 Å². The highest BCUT2D eigenvalue weighted by Gasteiger charge is 1.98. The zero-order valence-electron chi connectivity index (χ0n) is 10.5. The fourth-order valence-electron chi connectivity index (χ4n) is 1.94. The average Bonchev–Trinajstić information content (AvgIpc) is 2.50. The van der Waals surface area contributed by atoms with Crippen molar-refractivity contribution in [2.45, 2.75) is 0 Å². The second-order valence-corrected chi connectivity index (χ2v) is 4.29. The van der Waals surface area contributed by atoms with E-state index in [9.17, 15) is 0 Å². The number of nitrogens with zero attached hydrogens (tertiary/aromatic N) is 1. The Hall–Kier alpha value is -2.61. The van der Waals surface area contributed by atoms with Gasteiger partial charge in [-0.1, -0.05) is 48.5 Å². The van der Waals surface area contributed by atoms with Gasteiger partial charge in [0.1, 0.15) is 5.82 Å². The summed E-state index contributed by atoms with van der Waals surface area (Å²) >= 11 is 0. The van der Waals surface area contributed by atoms with Gasteiger partial charge in [0.2, 0.25) is 0 Å². The number of aromatic nitrogens is 1. The molecule has 0 saturated heterocycles. The molecule has 0 saturated carbocycles. The van der Waals surface area contributed by atoms with Crippen LogP contribution < -0.4 is 5.32 Å². The summed E-state index contributed by atoms with van der Waals surface area (Å²) in [5.74, 6) is 0.853. The maximum absolute atomic E-state index is 4.44. The fraction of sp³-hybridized carbons (Fsp3) is 0. The number of nitrogens with one attached hydrogen (secondary N) is 1. The highest BCUT2D eigenvalue weighted by atomic mass is 15.0. The first-order valence-corrected chi connectivity index (χ1v) is 6.25. The largest absolute Gasteiger partial charge is 0.340 e. The quantitative estimate of drug-likeness (QED) is 0.736. The number of hydrogen-bond donors (Lipinski definition) is 1. The van der Waals surface area contributed by atoms with Crippen LogP contribution in [0.15, 0.2) is 79.0 Å². The van der Waals surface area contributed by atoms with Gasteiger partial charge in [0, 0.05) is 17.4 Å². The molecule has 0 aliphatic heterocycles. The predicted molar refractivity (Wildman–Crippen MR) is 79.4 cm³/mol. The van der Waals surface area contributed by atoms with E-state index < -0.39 is 0 Å². The molecule has 1 N–H and O–H groups in total. The molecule has 92 valence electrons. The summed E-state index contributed by atoms with van der Waals surface area (Å²) in [5, 5.41) is 3.27. The lowest BCUT2D eigenvalue weighted by Crippen LogP contribution is -1.92. The molecule has 0 aliphatic rings. The molecule has 3 rings (SSSR count). The Morgan fingerprint density at radius 2 is 1.32 bits per heavy atom. The van der Waals surface area contributed by atoms with E-state index in [1.54, 1.807) is 0 Å².